The number of rotatable bonds is 4. The van der Waals surface area contributed by atoms with Crippen LogP contribution in [0.25, 0.3) is 6.08 Å². The fourth-order valence-corrected chi connectivity index (χ4v) is 3.18. The highest BCUT2D eigenvalue weighted by Crippen LogP contribution is 2.32. The van der Waals surface area contributed by atoms with Crippen molar-refractivity contribution in [2.24, 2.45) is 0 Å². The van der Waals surface area contributed by atoms with Gasteiger partial charge in [0.1, 0.15) is 4.32 Å². The molecule has 1 aliphatic heterocycles. The maximum absolute atomic E-state index is 12.1. The van der Waals surface area contributed by atoms with E-state index in [9.17, 15) is 9.59 Å². The predicted octanol–water partition coefficient (Wildman–Crippen LogP) is 3.13. The van der Waals surface area contributed by atoms with E-state index < -0.39 is 5.97 Å². The van der Waals surface area contributed by atoms with Crippen LogP contribution in [-0.2, 0) is 9.59 Å². The summed E-state index contributed by atoms with van der Waals surface area (Å²) >= 11 is 9.65. The van der Waals surface area contributed by atoms with Crippen molar-refractivity contribution in [2.75, 3.05) is 6.54 Å². The van der Waals surface area contributed by atoms with Crippen molar-refractivity contribution in [1.29, 1.82) is 0 Å². The van der Waals surface area contributed by atoms with Crippen molar-refractivity contribution < 1.29 is 14.7 Å². The van der Waals surface area contributed by atoms with Gasteiger partial charge in [0.15, 0.2) is 0 Å². The lowest BCUT2D eigenvalue weighted by Crippen LogP contribution is -2.30. The molecule has 1 N–H and O–H groups in total. The van der Waals surface area contributed by atoms with Gasteiger partial charge >= 0.3 is 5.97 Å². The molecular weight excluding hydrogens is 362 g/mol. The van der Waals surface area contributed by atoms with Crippen molar-refractivity contribution in [1.82, 2.24) is 4.90 Å². The molecule has 1 heterocycles. The van der Waals surface area contributed by atoms with Gasteiger partial charge in [-0.05, 0) is 23.8 Å². The lowest BCUT2D eigenvalue weighted by molar-refractivity contribution is -0.137. The number of nitrogens with zero attached hydrogens (tertiary/aromatic N) is 1. The highest BCUT2D eigenvalue weighted by atomic mass is 79.9. The van der Waals surface area contributed by atoms with Gasteiger partial charge < -0.3 is 5.11 Å². The van der Waals surface area contributed by atoms with Crippen molar-refractivity contribution in [3.05, 3.63) is 39.2 Å². The first-order chi connectivity index (χ1) is 9.47. The third kappa shape index (κ3) is 3.68. The number of amides is 1. The van der Waals surface area contributed by atoms with Gasteiger partial charge in [0.25, 0.3) is 5.91 Å². The number of halogens is 1. The molecule has 0 aromatic heterocycles. The normalized spacial score (nSPS) is 17.1. The Bertz CT molecular complexity index is 598. The number of thiocarbonyl (C=S) groups is 1. The van der Waals surface area contributed by atoms with Crippen LogP contribution in [0, 0.1) is 0 Å². The molecule has 0 bridgehead atoms. The summed E-state index contributed by atoms with van der Waals surface area (Å²) in [6, 6.07) is 7.54. The Balaban J connectivity index is 2.14. The van der Waals surface area contributed by atoms with E-state index in [0.29, 0.717) is 9.23 Å². The number of carbonyl (C=O) groups is 2. The number of thioether (sulfide) groups is 1. The summed E-state index contributed by atoms with van der Waals surface area (Å²) in [5, 5.41) is 8.67. The molecule has 0 aliphatic carbocycles. The summed E-state index contributed by atoms with van der Waals surface area (Å²) in [5.41, 5.74) is 0.895. The van der Waals surface area contributed by atoms with E-state index in [1.165, 1.54) is 16.7 Å². The Morgan fingerprint density at radius 3 is 2.65 bits per heavy atom. The van der Waals surface area contributed by atoms with E-state index >= 15 is 0 Å². The molecule has 1 aliphatic rings. The molecule has 1 aromatic carbocycles. The summed E-state index contributed by atoms with van der Waals surface area (Å²) in [6.07, 6.45) is 1.64. The second-order valence-electron chi connectivity index (χ2n) is 4.03. The zero-order valence-electron chi connectivity index (χ0n) is 10.2. The number of carboxylic acid groups (broad SMARTS) is 1. The first-order valence-electron chi connectivity index (χ1n) is 5.70. The monoisotopic (exact) mass is 371 g/mol. The van der Waals surface area contributed by atoms with Gasteiger partial charge in [-0.15, -0.1) is 0 Å². The second kappa shape index (κ2) is 6.51. The molecule has 2 rings (SSSR count). The van der Waals surface area contributed by atoms with Crippen molar-refractivity contribution >= 4 is 62.2 Å². The molecular formula is C13H10BrNO3S2. The van der Waals surface area contributed by atoms with Gasteiger partial charge in [-0.1, -0.05) is 52.0 Å². The number of aliphatic carboxylic acids is 1. The molecule has 104 valence electrons. The fourth-order valence-electron chi connectivity index (χ4n) is 1.61. The lowest BCUT2D eigenvalue weighted by Gasteiger charge is -2.12. The average Bonchev–Trinajstić information content (AvgIpc) is 2.65. The third-order valence-corrected chi connectivity index (χ3v) is 4.50. The van der Waals surface area contributed by atoms with Gasteiger partial charge in [0.05, 0.1) is 11.3 Å². The summed E-state index contributed by atoms with van der Waals surface area (Å²) in [6.45, 7) is 0.109. The first kappa shape index (κ1) is 15.2. The maximum Gasteiger partial charge on any atom is 0.305 e. The molecule has 7 heteroatoms. The Labute approximate surface area is 134 Å². The molecule has 1 amide bonds. The zero-order chi connectivity index (χ0) is 14.7. The van der Waals surface area contributed by atoms with Crippen LogP contribution in [-0.4, -0.2) is 32.7 Å². The molecule has 0 unspecified atom stereocenters. The van der Waals surface area contributed by atoms with Gasteiger partial charge in [0, 0.05) is 11.0 Å². The SMILES string of the molecule is O=C(O)CCN1C(=O)C(=Cc2ccc(Br)cc2)SC1=S. The topological polar surface area (TPSA) is 57.6 Å². The van der Waals surface area contributed by atoms with Crippen LogP contribution in [0.15, 0.2) is 33.6 Å². The average molecular weight is 372 g/mol. The van der Waals surface area contributed by atoms with Crippen LogP contribution in [0.1, 0.15) is 12.0 Å². The highest BCUT2D eigenvalue weighted by Gasteiger charge is 2.31. The van der Waals surface area contributed by atoms with E-state index in [0.717, 1.165) is 10.0 Å². The van der Waals surface area contributed by atoms with Gasteiger partial charge in [0.2, 0.25) is 0 Å². The van der Waals surface area contributed by atoms with Gasteiger partial charge in [-0.25, -0.2) is 0 Å². The molecule has 4 nitrogen and oxygen atoms in total. The van der Waals surface area contributed by atoms with Crippen molar-refractivity contribution in [3.8, 4) is 0 Å². The van der Waals surface area contributed by atoms with Crippen LogP contribution in [0.5, 0.6) is 0 Å². The number of hydrogen-bond acceptors (Lipinski definition) is 4. The minimum absolute atomic E-state index is 0.109. The molecule has 1 aromatic rings. The van der Waals surface area contributed by atoms with E-state index in [2.05, 4.69) is 15.9 Å². The van der Waals surface area contributed by atoms with Gasteiger partial charge in [-0.2, -0.15) is 0 Å². The Morgan fingerprint density at radius 2 is 2.05 bits per heavy atom. The quantitative estimate of drug-likeness (QED) is 0.650. The summed E-state index contributed by atoms with van der Waals surface area (Å²) in [4.78, 5) is 24.6. The van der Waals surface area contributed by atoms with Crippen LogP contribution in [0.4, 0.5) is 0 Å². The fraction of sp³-hybridized carbons (Fsp3) is 0.154. The van der Waals surface area contributed by atoms with Gasteiger partial charge in [-0.3, -0.25) is 14.5 Å². The largest absolute Gasteiger partial charge is 0.481 e. The minimum atomic E-state index is -0.948. The van der Waals surface area contributed by atoms with Crippen molar-refractivity contribution in [3.63, 3.8) is 0 Å². The second-order valence-corrected chi connectivity index (χ2v) is 6.62. The maximum atomic E-state index is 12.1. The predicted molar refractivity (Wildman–Crippen MR) is 86.3 cm³/mol. The highest BCUT2D eigenvalue weighted by molar-refractivity contribution is 9.10. The van der Waals surface area contributed by atoms with E-state index in [-0.39, 0.29) is 18.9 Å². The molecule has 0 atom stereocenters. The van der Waals surface area contributed by atoms with Crippen LogP contribution < -0.4 is 0 Å². The van der Waals surface area contributed by atoms with E-state index in [4.69, 9.17) is 17.3 Å². The third-order valence-electron chi connectivity index (χ3n) is 2.59. The Kier molecular flexibility index (Phi) is 4.95. The van der Waals surface area contributed by atoms with E-state index in [1.54, 1.807) is 6.08 Å². The number of benzene rings is 1. The van der Waals surface area contributed by atoms with Crippen LogP contribution >= 0.6 is 39.9 Å². The molecule has 20 heavy (non-hydrogen) atoms. The molecule has 0 radical (unpaired) electrons. The summed E-state index contributed by atoms with van der Waals surface area (Å²) in [5.74, 6) is -1.18. The molecule has 0 spiro atoms. The van der Waals surface area contributed by atoms with Crippen LogP contribution in [0.3, 0.4) is 0 Å². The summed E-state index contributed by atoms with van der Waals surface area (Å²) < 4.78 is 1.36. The van der Waals surface area contributed by atoms with Crippen molar-refractivity contribution in [2.45, 2.75) is 6.42 Å². The first-order valence-corrected chi connectivity index (χ1v) is 7.72. The Morgan fingerprint density at radius 1 is 1.40 bits per heavy atom. The zero-order valence-corrected chi connectivity index (χ0v) is 13.4. The minimum Gasteiger partial charge on any atom is -0.481 e. The smallest absolute Gasteiger partial charge is 0.305 e. The summed E-state index contributed by atoms with van der Waals surface area (Å²) in [7, 11) is 0. The number of hydrogen-bond donors (Lipinski definition) is 1. The molecule has 1 fully saturated rings. The molecule has 1 saturated heterocycles. The lowest BCUT2D eigenvalue weighted by atomic mass is 10.2. The van der Waals surface area contributed by atoms with Crippen LogP contribution in [0.2, 0.25) is 0 Å². The number of carboxylic acids is 1. The number of carbonyl (C=O) groups excluding carboxylic acids is 1. The Hall–Kier alpha value is -1.18. The molecule has 0 saturated carbocycles. The standard InChI is InChI=1S/C13H10BrNO3S2/c14-9-3-1-8(2-4-9)7-10-12(18)15(13(19)20-10)6-5-11(16)17/h1-4,7H,5-6H2,(H,16,17). The van der Waals surface area contributed by atoms with E-state index in [1.807, 2.05) is 24.3 Å².